The molecule has 24 heavy (non-hydrogen) atoms. The third kappa shape index (κ3) is 5.34. The molecule has 2 heterocycles. The van der Waals surface area contributed by atoms with Gasteiger partial charge in [-0.2, -0.15) is 0 Å². The van der Waals surface area contributed by atoms with E-state index in [4.69, 9.17) is 11.6 Å². The summed E-state index contributed by atoms with van der Waals surface area (Å²) in [5, 5.41) is 14.6. The monoisotopic (exact) mass is 383 g/mol. The van der Waals surface area contributed by atoms with Crippen LogP contribution in [0.3, 0.4) is 0 Å². The van der Waals surface area contributed by atoms with Gasteiger partial charge in [-0.1, -0.05) is 34.7 Å². The van der Waals surface area contributed by atoms with Crippen molar-refractivity contribution < 1.29 is 4.79 Å². The van der Waals surface area contributed by atoms with Gasteiger partial charge in [0.2, 0.25) is 5.13 Å². The summed E-state index contributed by atoms with van der Waals surface area (Å²) < 4.78 is 0.871. The Labute approximate surface area is 154 Å². The van der Waals surface area contributed by atoms with Crippen LogP contribution in [0.1, 0.15) is 12.8 Å². The number of hydrogen-bond donors (Lipinski definition) is 2. The number of carbonyl (C=O) groups excluding carboxylic acids is 1. The highest BCUT2D eigenvalue weighted by Crippen LogP contribution is 2.26. The summed E-state index contributed by atoms with van der Waals surface area (Å²) in [5.74, 6) is 0.992. The lowest BCUT2D eigenvalue weighted by Gasteiger charge is -2.12. The Hall–Kier alpha value is -1.35. The molecule has 6 nitrogen and oxygen atoms in total. The Morgan fingerprint density at radius 2 is 1.96 bits per heavy atom. The second kappa shape index (κ2) is 8.66. The van der Waals surface area contributed by atoms with Crippen LogP contribution < -0.4 is 10.6 Å². The third-order valence-corrected chi connectivity index (χ3v) is 5.76. The average molecular weight is 384 g/mol. The van der Waals surface area contributed by atoms with E-state index < -0.39 is 0 Å². The summed E-state index contributed by atoms with van der Waals surface area (Å²) in [6.07, 6.45) is 2.61. The fourth-order valence-electron chi connectivity index (χ4n) is 2.38. The van der Waals surface area contributed by atoms with Gasteiger partial charge >= 0.3 is 6.03 Å². The molecule has 2 N–H and O–H groups in total. The molecule has 1 aromatic carbocycles. The van der Waals surface area contributed by atoms with E-state index in [1.807, 2.05) is 0 Å². The molecule has 0 radical (unpaired) electrons. The number of amides is 2. The van der Waals surface area contributed by atoms with Gasteiger partial charge in [0.25, 0.3) is 0 Å². The molecule has 2 amide bonds. The van der Waals surface area contributed by atoms with Crippen LogP contribution in [0.2, 0.25) is 5.02 Å². The lowest BCUT2D eigenvalue weighted by molar-refractivity contribution is 0.262. The topological polar surface area (TPSA) is 70.1 Å². The van der Waals surface area contributed by atoms with Crippen molar-refractivity contribution in [2.45, 2.75) is 17.2 Å². The van der Waals surface area contributed by atoms with Crippen molar-refractivity contribution in [3.05, 3.63) is 29.3 Å². The van der Waals surface area contributed by atoms with Gasteiger partial charge in [0.15, 0.2) is 4.34 Å². The van der Waals surface area contributed by atoms with E-state index in [1.165, 1.54) is 37.3 Å². The minimum Gasteiger partial charge on any atom is -0.308 e. The van der Waals surface area contributed by atoms with Crippen LogP contribution in [0, 0.1) is 0 Å². The van der Waals surface area contributed by atoms with Gasteiger partial charge in [0, 0.05) is 23.0 Å². The maximum Gasteiger partial charge on any atom is 0.325 e. The van der Waals surface area contributed by atoms with Crippen LogP contribution >= 0.6 is 34.7 Å². The molecular weight excluding hydrogens is 366 g/mol. The van der Waals surface area contributed by atoms with E-state index in [0.29, 0.717) is 15.8 Å². The van der Waals surface area contributed by atoms with Gasteiger partial charge in [-0.25, -0.2) is 4.79 Å². The molecule has 0 atom stereocenters. The van der Waals surface area contributed by atoms with E-state index >= 15 is 0 Å². The number of halogens is 1. The zero-order valence-electron chi connectivity index (χ0n) is 13.0. The van der Waals surface area contributed by atoms with E-state index in [1.54, 1.807) is 36.0 Å². The smallest absolute Gasteiger partial charge is 0.308 e. The molecule has 1 fully saturated rings. The van der Waals surface area contributed by atoms with Crippen molar-refractivity contribution >= 4 is 51.5 Å². The fourth-order valence-corrected chi connectivity index (χ4v) is 4.32. The van der Waals surface area contributed by atoms with Gasteiger partial charge in [0.1, 0.15) is 0 Å². The van der Waals surface area contributed by atoms with Crippen molar-refractivity contribution in [3.63, 3.8) is 0 Å². The molecule has 0 saturated carbocycles. The van der Waals surface area contributed by atoms with Crippen molar-refractivity contribution in [1.29, 1.82) is 0 Å². The Morgan fingerprint density at radius 3 is 2.71 bits per heavy atom. The molecule has 0 bridgehead atoms. The van der Waals surface area contributed by atoms with Gasteiger partial charge in [0.05, 0.1) is 0 Å². The molecule has 1 aliphatic heterocycles. The second-order valence-corrected chi connectivity index (χ2v) is 8.11. The van der Waals surface area contributed by atoms with E-state index in [2.05, 4.69) is 25.7 Å². The van der Waals surface area contributed by atoms with E-state index in [0.717, 1.165) is 16.6 Å². The quantitative estimate of drug-likeness (QED) is 0.582. The molecule has 1 aliphatic rings. The van der Waals surface area contributed by atoms with Crippen LogP contribution in [0.5, 0.6) is 0 Å². The summed E-state index contributed by atoms with van der Waals surface area (Å²) in [7, 11) is 0. The molecule has 128 valence electrons. The number of urea groups is 1. The standard InChI is InChI=1S/C15H18ClN5OS2/c16-11-3-5-12(6-4-11)17-13(22)18-14-19-20-15(24-14)23-10-9-21-7-1-2-8-21/h3-6H,1-2,7-10H2,(H2,17,18,19,22). The Balaban J connectivity index is 1.42. The highest BCUT2D eigenvalue weighted by atomic mass is 35.5. The Kier molecular flexibility index (Phi) is 6.30. The summed E-state index contributed by atoms with van der Waals surface area (Å²) in [4.78, 5) is 14.4. The third-order valence-electron chi connectivity index (χ3n) is 3.56. The summed E-state index contributed by atoms with van der Waals surface area (Å²) in [6.45, 7) is 3.48. The molecule has 2 aromatic rings. The predicted molar refractivity (Wildman–Crippen MR) is 100 cm³/mol. The Bertz CT molecular complexity index is 673. The lowest BCUT2D eigenvalue weighted by atomic mass is 10.3. The maximum absolute atomic E-state index is 11.9. The van der Waals surface area contributed by atoms with Gasteiger partial charge in [-0.3, -0.25) is 5.32 Å². The van der Waals surface area contributed by atoms with Crippen molar-refractivity contribution in [2.75, 3.05) is 36.0 Å². The largest absolute Gasteiger partial charge is 0.325 e. The first kappa shape index (κ1) is 17.5. The summed E-state index contributed by atoms with van der Waals surface area (Å²) in [6, 6.07) is 6.57. The van der Waals surface area contributed by atoms with Crippen LogP contribution in [0.4, 0.5) is 15.6 Å². The normalized spacial score (nSPS) is 14.7. The summed E-state index contributed by atoms with van der Waals surface area (Å²) >= 11 is 8.88. The number of likely N-dealkylation sites (tertiary alicyclic amines) is 1. The number of thioether (sulfide) groups is 1. The number of benzene rings is 1. The van der Waals surface area contributed by atoms with E-state index in [-0.39, 0.29) is 6.03 Å². The van der Waals surface area contributed by atoms with Gasteiger partial charge < -0.3 is 10.2 Å². The van der Waals surface area contributed by atoms with Crippen molar-refractivity contribution in [2.24, 2.45) is 0 Å². The molecule has 9 heteroatoms. The molecule has 0 unspecified atom stereocenters. The molecular formula is C15H18ClN5OS2. The molecule has 1 aromatic heterocycles. The number of anilines is 2. The maximum atomic E-state index is 11.9. The lowest BCUT2D eigenvalue weighted by Crippen LogP contribution is -2.21. The summed E-state index contributed by atoms with van der Waals surface area (Å²) in [5.41, 5.74) is 0.668. The Morgan fingerprint density at radius 1 is 1.21 bits per heavy atom. The van der Waals surface area contributed by atoms with E-state index in [9.17, 15) is 4.79 Å². The average Bonchev–Trinajstić information content (AvgIpc) is 3.22. The zero-order valence-corrected chi connectivity index (χ0v) is 15.4. The number of nitrogens with one attached hydrogen (secondary N) is 2. The SMILES string of the molecule is O=C(Nc1ccc(Cl)cc1)Nc1nnc(SCCN2CCCC2)s1. The first-order chi connectivity index (χ1) is 11.7. The van der Waals surface area contributed by atoms with Gasteiger partial charge in [-0.05, 0) is 50.2 Å². The molecule has 0 aliphatic carbocycles. The van der Waals surface area contributed by atoms with Gasteiger partial charge in [-0.15, -0.1) is 10.2 Å². The van der Waals surface area contributed by atoms with Crippen LogP contribution in [0.15, 0.2) is 28.6 Å². The zero-order chi connectivity index (χ0) is 16.8. The van der Waals surface area contributed by atoms with Crippen molar-refractivity contribution in [1.82, 2.24) is 15.1 Å². The van der Waals surface area contributed by atoms with Crippen LogP contribution in [-0.4, -0.2) is 46.5 Å². The number of hydrogen-bond acceptors (Lipinski definition) is 6. The van der Waals surface area contributed by atoms with Crippen LogP contribution in [-0.2, 0) is 0 Å². The van der Waals surface area contributed by atoms with Crippen molar-refractivity contribution in [3.8, 4) is 0 Å². The second-order valence-electron chi connectivity index (χ2n) is 5.36. The first-order valence-corrected chi connectivity index (χ1v) is 9.89. The fraction of sp³-hybridized carbons (Fsp3) is 0.400. The minimum absolute atomic E-state index is 0.345. The highest BCUT2D eigenvalue weighted by molar-refractivity contribution is 8.01. The molecule has 0 spiro atoms. The minimum atomic E-state index is -0.345. The number of nitrogens with zero attached hydrogens (tertiary/aromatic N) is 3. The first-order valence-electron chi connectivity index (χ1n) is 7.71. The molecule has 3 rings (SSSR count). The van der Waals surface area contributed by atoms with Crippen LogP contribution in [0.25, 0.3) is 0 Å². The number of carbonyl (C=O) groups is 1. The number of aromatic nitrogens is 2. The molecule has 1 saturated heterocycles. The highest BCUT2D eigenvalue weighted by Gasteiger charge is 2.12. The number of rotatable bonds is 6. The predicted octanol–water partition coefficient (Wildman–Crippen LogP) is 4.02.